The molecule has 2 aromatic rings. The molecule has 8 nitrogen and oxygen atoms in total. The van der Waals surface area contributed by atoms with E-state index in [0.717, 1.165) is 12.8 Å². The zero-order valence-corrected chi connectivity index (χ0v) is 14.4. The van der Waals surface area contributed by atoms with Crippen LogP contribution in [-0.4, -0.2) is 52.8 Å². The summed E-state index contributed by atoms with van der Waals surface area (Å²) in [4.78, 5) is 20.2. The third-order valence-corrected chi connectivity index (χ3v) is 5.79. The molecule has 0 spiro atoms. The Morgan fingerprint density at radius 2 is 2.04 bits per heavy atom. The molecule has 1 aliphatic heterocycles. The van der Waals surface area contributed by atoms with E-state index in [2.05, 4.69) is 21.9 Å². The van der Waals surface area contributed by atoms with Gasteiger partial charge < -0.3 is 5.32 Å². The topological polar surface area (TPSA) is 97.2 Å². The lowest BCUT2D eigenvalue weighted by atomic mass is 10.4. The Bertz CT molecular complexity index is 867. The van der Waals surface area contributed by atoms with Crippen LogP contribution in [0.15, 0.2) is 48.4 Å². The Morgan fingerprint density at radius 1 is 1.28 bits per heavy atom. The van der Waals surface area contributed by atoms with Crippen LogP contribution in [0.25, 0.3) is 5.82 Å². The van der Waals surface area contributed by atoms with E-state index in [1.165, 1.54) is 29.1 Å². The number of nitrogens with zero attached hydrogens (tertiary/aromatic N) is 4. The number of rotatable bonds is 6. The normalized spacial score (nSPS) is 15.2. The Labute approximate surface area is 146 Å². The van der Waals surface area contributed by atoms with Gasteiger partial charge in [0.15, 0.2) is 0 Å². The first-order valence-corrected chi connectivity index (χ1v) is 9.36. The predicted molar refractivity (Wildman–Crippen MR) is 91.9 cm³/mol. The average Bonchev–Trinajstić information content (AvgIpc) is 3.31. The summed E-state index contributed by atoms with van der Waals surface area (Å²) in [7, 11) is -3.48. The van der Waals surface area contributed by atoms with E-state index in [0.29, 0.717) is 25.5 Å². The number of hydrogen-bond acceptors (Lipinski definition) is 5. The van der Waals surface area contributed by atoms with Gasteiger partial charge in [0, 0.05) is 32.0 Å². The molecular weight excluding hydrogens is 342 g/mol. The zero-order chi connectivity index (χ0) is 17.9. The number of carbonyl (C=O) groups is 1. The highest BCUT2D eigenvalue weighted by Gasteiger charge is 2.27. The summed E-state index contributed by atoms with van der Waals surface area (Å²) in [6.45, 7) is 4.99. The number of aromatic nitrogens is 3. The summed E-state index contributed by atoms with van der Waals surface area (Å²) in [5.74, 6) is 0.169. The quantitative estimate of drug-likeness (QED) is 0.773. The minimum atomic E-state index is -3.48. The van der Waals surface area contributed by atoms with Crippen molar-refractivity contribution in [3.63, 3.8) is 0 Å². The van der Waals surface area contributed by atoms with Crippen molar-refractivity contribution in [3.8, 4) is 5.82 Å². The Morgan fingerprint density at radius 3 is 2.68 bits per heavy atom. The van der Waals surface area contributed by atoms with Gasteiger partial charge in [-0.1, -0.05) is 6.08 Å². The lowest BCUT2D eigenvalue weighted by molar-refractivity contribution is 0.0953. The van der Waals surface area contributed by atoms with Gasteiger partial charge in [0.2, 0.25) is 10.0 Å². The summed E-state index contributed by atoms with van der Waals surface area (Å²) in [5, 5.41) is 2.64. The molecule has 0 atom stereocenters. The van der Waals surface area contributed by atoms with Crippen LogP contribution in [0.5, 0.6) is 0 Å². The molecule has 0 aliphatic carbocycles. The smallest absolute Gasteiger partial charge is 0.271 e. The number of imidazole rings is 1. The monoisotopic (exact) mass is 361 g/mol. The molecule has 0 saturated carbocycles. The van der Waals surface area contributed by atoms with Crippen molar-refractivity contribution in [2.24, 2.45) is 0 Å². The van der Waals surface area contributed by atoms with Crippen molar-refractivity contribution < 1.29 is 13.2 Å². The molecule has 0 aromatic carbocycles. The third kappa shape index (κ3) is 3.62. The molecule has 1 fully saturated rings. The molecule has 3 rings (SSSR count). The fraction of sp³-hybridized carbons (Fsp3) is 0.312. The van der Waals surface area contributed by atoms with Crippen molar-refractivity contribution in [1.82, 2.24) is 24.2 Å². The van der Waals surface area contributed by atoms with E-state index in [1.54, 1.807) is 16.7 Å². The van der Waals surface area contributed by atoms with Crippen LogP contribution in [0.4, 0.5) is 0 Å². The van der Waals surface area contributed by atoms with Gasteiger partial charge in [-0.25, -0.2) is 18.4 Å². The highest BCUT2D eigenvalue weighted by atomic mass is 32.2. The molecule has 9 heteroatoms. The maximum atomic E-state index is 12.5. The third-order valence-electron chi connectivity index (χ3n) is 3.91. The van der Waals surface area contributed by atoms with E-state index in [1.807, 2.05) is 0 Å². The number of sulfonamides is 1. The highest BCUT2D eigenvalue weighted by Crippen LogP contribution is 2.20. The standard InChI is InChI=1S/C16H19N5O3S/c1-2-7-17-16(22)14-11-20(12-19-14)15-6-5-13(10-18-15)25(23,24)21-8-3-4-9-21/h2,5-6,10-12H,1,3-4,7-9H2,(H,17,22). The van der Waals surface area contributed by atoms with Crippen LogP contribution >= 0.6 is 0 Å². The molecule has 3 heterocycles. The lowest BCUT2D eigenvalue weighted by Crippen LogP contribution is -2.27. The van der Waals surface area contributed by atoms with Gasteiger partial charge >= 0.3 is 0 Å². The summed E-state index contributed by atoms with van der Waals surface area (Å²) in [5.41, 5.74) is 0.248. The molecule has 25 heavy (non-hydrogen) atoms. The summed E-state index contributed by atoms with van der Waals surface area (Å²) in [6.07, 6.45) is 7.68. The molecule has 0 unspecified atom stereocenters. The summed E-state index contributed by atoms with van der Waals surface area (Å²) >= 11 is 0. The van der Waals surface area contributed by atoms with Gasteiger partial charge in [-0.05, 0) is 25.0 Å². The van der Waals surface area contributed by atoms with Gasteiger partial charge in [-0.3, -0.25) is 9.36 Å². The van der Waals surface area contributed by atoms with Crippen LogP contribution in [0.3, 0.4) is 0 Å². The average molecular weight is 361 g/mol. The number of carbonyl (C=O) groups excluding carboxylic acids is 1. The second kappa shape index (κ2) is 7.16. The number of amides is 1. The van der Waals surface area contributed by atoms with Gasteiger partial charge in [0.1, 0.15) is 22.7 Å². The minimum Gasteiger partial charge on any atom is -0.347 e. The van der Waals surface area contributed by atoms with Crippen LogP contribution in [0.1, 0.15) is 23.3 Å². The van der Waals surface area contributed by atoms with Gasteiger partial charge in [-0.15, -0.1) is 6.58 Å². The van der Waals surface area contributed by atoms with E-state index in [9.17, 15) is 13.2 Å². The molecule has 1 N–H and O–H groups in total. The summed E-state index contributed by atoms with van der Waals surface area (Å²) < 4.78 is 28.0. The maximum Gasteiger partial charge on any atom is 0.271 e. The maximum absolute atomic E-state index is 12.5. The first-order chi connectivity index (χ1) is 12.0. The Hall–Kier alpha value is -2.52. The van der Waals surface area contributed by atoms with Crippen molar-refractivity contribution >= 4 is 15.9 Å². The lowest BCUT2D eigenvalue weighted by Gasteiger charge is -2.15. The minimum absolute atomic E-state index is 0.169. The zero-order valence-electron chi connectivity index (χ0n) is 13.6. The van der Waals surface area contributed by atoms with Crippen LogP contribution < -0.4 is 5.32 Å². The molecule has 132 valence electrons. The fourth-order valence-electron chi connectivity index (χ4n) is 2.58. The van der Waals surface area contributed by atoms with Crippen LogP contribution in [0, 0.1) is 0 Å². The fourth-order valence-corrected chi connectivity index (χ4v) is 4.04. The second-order valence-electron chi connectivity index (χ2n) is 5.63. The second-order valence-corrected chi connectivity index (χ2v) is 7.57. The van der Waals surface area contributed by atoms with Crippen molar-refractivity contribution in [2.45, 2.75) is 17.7 Å². The highest BCUT2D eigenvalue weighted by molar-refractivity contribution is 7.89. The van der Waals surface area contributed by atoms with Crippen molar-refractivity contribution in [3.05, 3.63) is 49.2 Å². The molecule has 1 amide bonds. The molecular formula is C16H19N5O3S. The van der Waals surface area contributed by atoms with Gasteiger partial charge in [0.05, 0.1) is 0 Å². The van der Waals surface area contributed by atoms with E-state index >= 15 is 0 Å². The van der Waals surface area contributed by atoms with Gasteiger partial charge in [0.25, 0.3) is 5.91 Å². The molecule has 1 aliphatic rings. The van der Waals surface area contributed by atoms with E-state index in [4.69, 9.17) is 0 Å². The van der Waals surface area contributed by atoms with Crippen LogP contribution in [0.2, 0.25) is 0 Å². The van der Waals surface area contributed by atoms with Gasteiger partial charge in [-0.2, -0.15) is 4.31 Å². The SMILES string of the molecule is C=CCNC(=O)c1cn(-c2ccc(S(=O)(=O)N3CCCC3)cn2)cn1. The van der Waals surface area contributed by atoms with E-state index in [-0.39, 0.29) is 16.5 Å². The number of hydrogen-bond donors (Lipinski definition) is 1. The molecule has 0 bridgehead atoms. The molecule has 1 saturated heterocycles. The Kier molecular flexibility index (Phi) is 4.95. The number of pyridine rings is 1. The van der Waals surface area contributed by atoms with Crippen molar-refractivity contribution in [1.29, 1.82) is 0 Å². The first-order valence-electron chi connectivity index (χ1n) is 7.92. The largest absolute Gasteiger partial charge is 0.347 e. The first kappa shape index (κ1) is 17.3. The molecule has 0 radical (unpaired) electrons. The number of nitrogens with one attached hydrogen (secondary N) is 1. The predicted octanol–water partition coefficient (Wildman–Crippen LogP) is 0.968. The van der Waals surface area contributed by atoms with E-state index < -0.39 is 10.0 Å². The van der Waals surface area contributed by atoms with Crippen molar-refractivity contribution in [2.75, 3.05) is 19.6 Å². The Balaban J connectivity index is 1.78. The summed E-state index contributed by atoms with van der Waals surface area (Å²) in [6, 6.07) is 3.11. The molecule has 2 aromatic heterocycles. The van der Waals surface area contributed by atoms with Crippen LogP contribution in [-0.2, 0) is 10.0 Å².